The van der Waals surface area contributed by atoms with Crippen LogP contribution >= 0.6 is 7.82 Å². The molecular formula is C51H89O12P. The van der Waals surface area contributed by atoms with Gasteiger partial charge in [-0.05, 0) is 57.8 Å². The summed E-state index contributed by atoms with van der Waals surface area (Å²) in [4.78, 5) is 23.2. The number of phosphoric ester groups is 1. The topological polar surface area (TPSA) is 192 Å². The summed E-state index contributed by atoms with van der Waals surface area (Å²) in [5.74, 6) is -0.497. The second kappa shape index (κ2) is 41.0. The second-order valence-electron chi connectivity index (χ2n) is 16.9. The maximum atomic E-state index is 12.8. The summed E-state index contributed by atoms with van der Waals surface area (Å²) in [6, 6.07) is 0. The number of esters is 1. The number of carbonyl (C=O) groups excluding carboxylic acids is 1. The van der Waals surface area contributed by atoms with Gasteiger partial charge in [0.1, 0.15) is 42.7 Å². The Morgan fingerprint density at radius 2 is 0.906 bits per heavy atom. The second-order valence-corrected chi connectivity index (χ2v) is 18.3. The standard InChI is InChI=1S/C51H89O12P/c1-3-5-7-9-11-13-15-17-19-21-22-23-25-27-29-31-33-35-37-39-41-60-42-44(43-61-64(58,59)63-51-49(56)47(54)46(53)48(55)50(51)57)62-45(52)40-38-36-34-32-30-28-26-24-20-18-16-14-12-10-8-6-4-2/h5,7,11,13,17,19,22-23,27,29,33,35,44,46-51,53-57H,3-4,6,8-10,12,14-16,18,20-21,24-26,28,30-32,34,36-43H2,1-2H3,(H,58,59)/b7-5-,13-11-,19-17-,23-22-,29-27-,35-33-. The Morgan fingerprint density at radius 3 is 1.34 bits per heavy atom. The Labute approximate surface area is 387 Å². The minimum Gasteiger partial charge on any atom is -0.457 e. The van der Waals surface area contributed by atoms with Crippen molar-refractivity contribution in [2.24, 2.45) is 0 Å². The van der Waals surface area contributed by atoms with E-state index in [1.54, 1.807) is 0 Å². The molecule has 0 radical (unpaired) electrons. The highest BCUT2D eigenvalue weighted by Crippen LogP contribution is 2.47. The van der Waals surface area contributed by atoms with Crippen LogP contribution in [0.25, 0.3) is 0 Å². The van der Waals surface area contributed by atoms with Crippen LogP contribution in [-0.4, -0.2) is 98.9 Å². The van der Waals surface area contributed by atoms with Crippen molar-refractivity contribution >= 4 is 13.8 Å². The Balaban J connectivity index is 2.41. The zero-order valence-corrected chi connectivity index (χ0v) is 40.5. The van der Waals surface area contributed by atoms with E-state index in [0.29, 0.717) is 19.4 Å². The van der Waals surface area contributed by atoms with Crippen molar-refractivity contribution in [3.05, 3.63) is 72.9 Å². The van der Waals surface area contributed by atoms with E-state index in [-0.39, 0.29) is 13.0 Å². The Kier molecular flexibility index (Phi) is 38.3. The molecule has 13 heteroatoms. The number of aliphatic hydroxyl groups excluding tert-OH is 5. The van der Waals surface area contributed by atoms with Gasteiger partial charge in [0.2, 0.25) is 0 Å². The normalized spacial score (nSPS) is 22.3. The van der Waals surface area contributed by atoms with E-state index in [4.69, 9.17) is 18.5 Å². The Morgan fingerprint density at radius 1 is 0.516 bits per heavy atom. The highest BCUT2D eigenvalue weighted by Gasteiger charge is 2.51. The van der Waals surface area contributed by atoms with E-state index < -0.39 is 63.1 Å². The van der Waals surface area contributed by atoms with Crippen LogP contribution in [0.1, 0.15) is 181 Å². The van der Waals surface area contributed by atoms with Crippen LogP contribution in [0.2, 0.25) is 0 Å². The van der Waals surface area contributed by atoms with E-state index in [2.05, 4.69) is 86.8 Å². The summed E-state index contributed by atoms with van der Waals surface area (Å²) in [5, 5.41) is 50.3. The van der Waals surface area contributed by atoms with Crippen LogP contribution in [0.4, 0.5) is 0 Å². The number of carbonyl (C=O) groups is 1. The van der Waals surface area contributed by atoms with Crippen molar-refractivity contribution in [3.8, 4) is 0 Å². The number of unbranched alkanes of at least 4 members (excludes halogenated alkanes) is 17. The van der Waals surface area contributed by atoms with Crippen LogP contribution in [0, 0.1) is 0 Å². The van der Waals surface area contributed by atoms with Crippen molar-refractivity contribution in [3.63, 3.8) is 0 Å². The van der Waals surface area contributed by atoms with E-state index in [9.17, 15) is 39.8 Å². The summed E-state index contributed by atoms with van der Waals surface area (Å²) in [6.07, 6.45) is 41.2. The van der Waals surface area contributed by atoms with Gasteiger partial charge in [-0.15, -0.1) is 0 Å². The minimum atomic E-state index is -5.04. The SMILES string of the molecule is CC/C=C\C/C=C\C/C=C\C/C=C\C/C=C\C/C=C\CCCOCC(COP(=O)(O)OC1C(O)C(O)C(O)C(O)C1O)OC(=O)CCCCCCCCCCCCCCCCCCC. The molecule has 0 aromatic rings. The quantitative estimate of drug-likeness (QED) is 0.0147. The third kappa shape index (κ3) is 32.5. The van der Waals surface area contributed by atoms with Crippen LogP contribution in [0.15, 0.2) is 72.9 Å². The molecular weight excluding hydrogens is 836 g/mol. The van der Waals surface area contributed by atoms with Gasteiger partial charge in [-0.25, -0.2) is 4.57 Å². The minimum absolute atomic E-state index is 0.118. The van der Waals surface area contributed by atoms with Gasteiger partial charge in [0.05, 0.1) is 13.2 Å². The maximum absolute atomic E-state index is 12.8. The zero-order chi connectivity index (χ0) is 46.9. The molecule has 0 aromatic heterocycles. The molecule has 0 spiro atoms. The first kappa shape index (κ1) is 59.8. The van der Waals surface area contributed by atoms with Gasteiger partial charge in [0.25, 0.3) is 0 Å². The van der Waals surface area contributed by atoms with Gasteiger partial charge < -0.3 is 39.9 Å². The number of allylic oxidation sites excluding steroid dienone is 12. The number of phosphoric acid groups is 1. The van der Waals surface area contributed by atoms with Crippen molar-refractivity contribution in [2.45, 2.75) is 224 Å². The molecule has 1 aliphatic carbocycles. The predicted molar refractivity (Wildman–Crippen MR) is 258 cm³/mol. The molecule has 0 aromatic carbocycles. The van der Waals surface area contributed by atoms with Gasteiger partial charge in [0.15, 0.2) is 0 Å². The van der Waals surface area contributed by atoms with Gasteiger partial charge in [-0.1, -0.05) is 189 Å². The van der Waals surface area contributed by atoms with Crippen LogP contribution in [0.5, 0.6) is 0 Å². The maximum Gasteiger partial charge on any atom is 0.472 e. The van der Waals surface area contributed by atoms with Crippen LogP contribution in [0.3, 0.4) is 0 Å². The van der Waals surface area contributed by atoms with Gasteiger partial charge in [-0.3, -0.25) is 13.8 Å². The molecule has 64 heavy (non-hydrogen) atoms. The Bertz CT molecular complexity index is 1330. The highest BCUT2D eigenvalue weighted by atomic mass is 31.2. The molecule has 6 atom stereocenters. The van der Waals surface area contributed by atoms with Crippen molar-refractivity contribution in [1.29, 1.82) is 0 Å². The molecule has 0 bridgehead atoms. The number of ether oxygens (including phenoxy) is 2. The lowest BCUT2D eigenvalue weighted by atomic mass is 9.85. The van der Waals surface area contributed by atoms with Crippen molar-refractivity contribution < 1.29 is 58.3 Å². The van der Waals surface area contributed by atoms with Gasteiger partial charge >= 0.3 is 13.8 Å². The van der Waals surface area contributed by atoms with Gasteiger partial charge in [0, 0.05) is 13.0 Å². The first-order chi connectivity index (χ1) is 31.0. The van der Waals surface area contributed by atoms with Crippen LogP contribution < -0.4 is 0 Å². The molecule has 1 aliphatic rings. The summed E-state index contributed by atoms with van der Waals surface area (Å²) in [6.45, 7) is 4.01. The zero-order valence-electron chi connectivity index (χ0n) is 39.6. The average Bonchev–Trinajstić information content (AvgIpc) is 3.28. The first-order valence-corrected chi connectivity index (χ1v) is 26.3. The smallest absolute Gasteiger partial charge is 0.457 e. The van der Waals surface area contributed by atoms with Crippen LogP contribution in [-0.2, 0) is 27.9 Å². The lowest BCUT2D eigenvalue weighted by Crippen LogP contribution is -2.64. The van der Waals surface area contributed by atoms with Crippen molar-refractivity contribution in [2.75, 3.05) is 19.8 Å². The molecule has 6 unspecified atom stereocenters. The number of hydrogen-bond acceptors (Lipinski definition) is 11. The summed E-state index contributed by atoms with van der Waals surface area (Å²) >= 11 is 0. The molecule has 370 valence electrons. The first-order valence-electron chi connectivity index (χ1n) is 24.8. The molecule has 1 fully saturated rings. The van der Waals surface area contributed by atoms with E-state index in [1.165, 1.54) is 83.5 Å². The molecule has 6 N–H and O–H groups in total. The van der Waals surface area contributed by atoms with E-state index in [0.717, 1.165) is 64.2 Å². The number of rotatable bonds is 41. The molecule has 1 saturated carbocycles. The lowest BCUT2D eigenvalue weighted by molar-refractivity contribution is -0.220. The summed E-state index contributed by atoms with van der Waals surface area (Å²) in [5.41, 5.74) is 0. The van der Waals surface area contributed by atoms with E-state index in [1.807, 2.05) is 0 Å². The number of aliphatic hydroxyl groups is 5. The fourth-order valence-electron chi connectivity index (χ4n) is 7.20. The highest BCUT2D eigenvalue weighted by molar-refractivity contribution is 7.47. The van der Waals surface area contributed by atoms with Gasteiger partial charge in [-0.2, -0.15) is 0 Å². The van der Waals surface area contributed by atoms with E-state index >= 15 is 0 Å². The predicted octanol–water partition coefficient (Wildman–Crippen LogP) is 10.8. The molecule has 0 aliphatic heterocycles. The monoisotopic (exact) mass is 925 g/mol. The molecule has 0 amide bonds. The summed E-state index contributed by atoms with van der Waals surface area (Å²) < 4.78 is 34.2. The fourth-order valence-corrected chi connectivity index (χ4v) is 8.17. The average molecular weight is 925 g/mol. The number of hydrogen-bond donors (Lipinski definition) is 6. The lowest BCUT2D eigenvalue weighted by Gasteiger charge is -2.41. The molecule has 1 rings (SSSR count). The fraction of sp³-hybridized carbons (Fsp3) is 0.745. The molecule has 12 nitrogen and oxygen atoms in total. The third-order valence-corrected chi connectivity index (χ3v) is 12.1. The molecule has 0 heterocycles. The Hall–Kier alpha value is -2.22. The molecule has 0 saturated heterocycles. The van der Waals surface area contributed by atoms with Crippen molar-refractivity contribution in [1.82, 2.24) is 0 Å². The largest absolute Gasteiger partial charge is 0.472 e. The summed E-state index contributed by atoms with van der Waals surface area (Å²) in [7, 11) is -5.04. The third-order valence-electron chi connectivity index (χ3n) is 11.1.